The lowest BCUT2D eigenvalue weighted by Gasteiger charge is -2.17. The minimum absolute atomic E-state index is 0.296. The summed E-state index contributed by atoms with van der Waals surface area (Å²) in [5.74, 6) is 0.156. The Balaban J connectivity index is 1.42. The average molecular weight is 591 g/mol. The number of hydrogen-bond donors (Lipinski definition) is 4. The summed E-state index contributed by atoms with van der Waals surface area (Å²) in [7, 11) is 1.46. The van der Waals surface area contributed by atoms with Crippen molar-refractivity contribution in [2.45, 2.75) is 31.4 Å². The summed E-state index contributed by atoms with van der Waals surface area (Å²) in [5.41, 5.74) is 5.69. The Hall–Kier alpha value is -4.11. The molecule has 1 aliphatic rings. The number of hydrogen-bond acceptors (Lipinski definition) is 4. The van der Waals surface area contributed by atoms with Crippen LogP contribution in [0.4, 0.5) is 10.5 Å². The van der Waals surface area contributed by atoms with E-state index in [0.717, 1.165) is 27.2 Å². The van der Waals surface area contributed by atoms with Gasteiger partial charge in [0.1, 0.15) is 16.7 Å². The smallest absolute Gasteiger partial charge is 0.411 e. The molecule has 1 aromatic heterocycles. The molecule has 0 bridgehead atoms. The van der Waals surface area contributed by atoms with Gasteiger partial charge in [0.15, 0.2) is 0 Å². The fourth-order valence-electron chi connectivity index (χ4n) is 4.91. The number of carboxylic acid groups (broad SMARTS) is 1. The second kappa shape index (κ2) is 12.2. The zero-order valence-electron chi connectivity index (χ0n) is 22.1. The number of carbonyl (C=O) groups is 2. The van der Waals surface area contributed by atoms with Crippen molar-refractivity contribution in [2.75, 3.05) is 11.9 Å². The van der Waals surface area contributed by atoms with E-state index in [1.807, 2.05) is 24.3 Å². The lowest BCUT2D eigenvalue weighted by molar-refractivity contribution is -0.117. The molecule has 2 amide bonds. The molecule has 0 saturated heterocycles. The van der Waals surface area contributed by atoms with E-state index in [1.165, 1.54) is 13.1 Å². The highest BCUT2D eigenvalue weighted by molar-refractivity contribution is 6.32. The van der Waals surface area contributed by atoms with Crippen molar-refractivity contribution in [1.82, 2.24) is 15.3 Å². The standard InChI is InChI=1S/C31H28Cl2N4O4/c1-37(31(40)41)24-10-8-20(9-11-24)28-29(33)36-30(35-28)26(15-19-5-7-21-16-25(38)17-22(21)13-19)34-27(39)12-6-18-3-2-4-23(32)14-18/h2-14,25-26,38H,15-17H2,1H3,(H,34,39)(H,35,36)(H,40,41)/b12-6+/t25?,26-/m0/s1. The van der Waals surface area contributed by atoms with E-state index in [9.17, 15) is 19.8 Å². The van der Waals surface area contributed by atoms with E-state index >= 15 is 0 Å². The maximum absolute atomic E-state index is 13.0. The molecule has 1 heterocycles. The van der Waals surface area contributed by atoms with Gasteiger partial charge in [0.05, 0.1) is 12.1 Å². The van der Waals surface area contributed by atoms with Crippen LogP contribution in [0, 0.1) is 0 Å². The lowest BCUT2D eigenvalue weighted by Crippen LogP contribution is -2.29. The first-order valence-electron chi connectivity index (χ1n) is 13.0. The molecule has 1 unspecified atom stereocenters. The Morgan fingerprint density at radius 3 is 2.59 bits per heavy atom. The monoisotopic (exact) mass is 590 g/mol. The Bertz CT molecular complexity index is 1620. The Morgan fingerprint density at radius 1 is 1.10 bits per heavy atom. The molecule has 1 aliphatic carbocycles. The number of H-pyrrole nitrogens is 1. The number of nitrogens with one attached hydrogen (secondary N) is 2. The lowest BCUT2D eigenvalue weighted by atomic mass is 10.0. The number of aromatic nitrogens is 2. The van der Waals surface area contributed by atoms with Gasteiger partial charge < -0.3 is 20.5 Å². The number of halogens is 2. The molecule has 3 aromatic carbocycles. The fraction of sp³-hybridized carbons (Fsp3) is 0.194. The molecule has 0 aliphatic heterocycles. The van der Waals surface area contributed by atoms with Crippen molar-refractivity contribution in [2.24, 2.45) is 0 Å². The van der Waals surface area contributed by atoms with Gasteiger partial charge in [0, 0.05) is 29.4 Å². The van der Waals surface area contributed by atoms with Gasteiger partial charge in [-0.05, 0) is 71.9 Å². The van der Waals surface area contributed by atoms with Crippen molar-refractivity contribution < 1.29 is 19.8 Å². The predicted octanol–water partition coefficient (Wildman–Crippen LogP) is 6.07. The molecular weight excluding hydrogens is 563 g/mol. The van der Waals surface area contributed by atoms with Gasteiger partial charge in [-0.25, -0.2) is 9.78 Å². The van der Waals surface area contributed by atoms with E-state index in [4.69, 9.17) is 28.2 Å². The highest BCUT2D eigenvalue weighted by Gasteiger charge is 2.24. The summed E-state index contributed by atoms with van der Waals surface area (Å²) in [4.78, 5) is 33.3. The Labute approximate surface area is 247 Å². The zero-order chi connectivity index (χ0) is 29.1. The first kappa shape index (κ1) is 28.4. The summed E-state index contributed by atoms with van der Waals surface area (Å²) < 4.78 is 0. The summed E-state index contributed by atoms with van der Waals surface area (Å²) >= 11 is 12.6. The maximum atomic E-state index is 13.0. The van der Waals surface area contributed by atoms with Crippen LogP contribution in [0.5, 0.6) is 0 Å². The van der Waals surface area contributed by atoms with Crippen LogP contribution in [0.15, 0.2) is 72.8 Å². The predicted molar refractivity (Wildman–Crippen MR) is 160 cm³/mol. The van der Waals surface area contributed by atoms with Crippen molar-refractivity contribution in [3.63, 3.8) is 0 Å². The Kier molecular flexibility index (Phi) is 8.44. The molecule has 0 fully saturated rings. The van der Waals surface area contributed by atoms with Gasteiger partial charge in [-0.3, -0.25) is 9.69 Å². The van der Waals surface area contributed by atoms with Gasteiger partial charge in [-0.15, -0.1) is 0 Å². The number of aliphatic hydroxyl groups is 1. The minimum Gasteiger partial charge on any atom is -0.465 e. The fourth-order valence-corrected chi connectivity index (χ4v) is 5.35. The number of aromatic amines is 1. The van der Waals surface area contributed by atoms with Crippen LogP contribution in [-0.4, -0.2) is 45.3 Å². The average Bonchev–Trinajstić information content (AvgIpc) is 3.52. The van der Waals surface area contributed by atoms with Gasteiger partial charge in [0.25, 0.3) is 0 Å². The quantitative estimate of drug-likeness (QED) is 0.186. The minimum atomic E-state index is -1.07. The van der Waals surface area contributed by atoms with Gasteiger partial charge >= 0.3 is 6.09 Å². The summed E-state index contributed by atoms with van der Waals surface area (Å²) in [6.07, 6.45) is 3.37. The van der Waals surface area contributed by atoms with Crippen LogP contribution in [-0.2, 0) is 24.1 Å². The largest absolute Gasteiger partial charge is 0.465 e. The van der Waals surface area contributed by atoms with Crippen LogP contribution >= 0.6 is 23.2 Å². The molecule has 5 rings (SSSR count). The molecule has 41 heavy (non-hydrogen) atoms. The second-order valence-corrected chi connectivity index (χ2v) is 10.8. The van der Waals surface area contributed by atoms with Crippen molar-refractivity contribution >= 4 is 47.0 Å². The zero-order valence-corrected chi connectivity index (χ0v) is 23.7. The molecule has 0 radical (unpaired) electrons. The normalized spacial score (nSPS) is 15.1. The van der Waals surface area contributed by atoms with Crippen molar-refractivity contribution in [3.05, 3.63) is 111 Å². The summed E-state index contributed by atoms with van der Waals surface area (Å²) in [5, 5.41) is 23.2. The summed E-state index contributed by atoms with van der Waals surface area (Å²) in [6.45, 7) is 0. The number of aliphatic hydroxyl groups excluding tert-OH is 1. The summed E-state index contributed by atoms with van der Waals surface area (Å²) in [6, 6.07) is 19.6. The van der Waals surface area contributed by atoms with Crippen LogP contribution in [0.3, 0.4) is 0 Å². The first-order valence-corrected chi connectivity index (χ1v) is 13.8. The number of carbonyl (C=O) groups excluding carboxylic acids is 1. The topological polar surface area (TPSA) is 119 Å². The van der Waals surface area contributed by atoms with Gasteiger partial charge in [-0.2, -0.15) is 0 Å². The number of rotatable bonds is 8. The molecule has 2 atom stereocenters. The molecule has 4 N–H and O–H groups in total. The third kappa shape index (κ3) is 6.79. The van der Waals surface area contributed by atoms with Crippen LogP contribution in [0.25, 0.3) is 17.3 Å². The van der Waals surface area contributed by atoms with Crippen molar-refractivity contribution in [3.8, 4) is 11.3 Å². The second-order valence-electron chi connectivity index (χ2n) is 9.99. The van der Waals surface area contributed by atoms with Gasteiger partial charge in [0.2, 0.25) is 5.91 Å². The van der Waals surface area contributed by atoms with E-state index < -0.39 is 12.1 Å². The molecule has 10 heteroatoms. The number of imidazole rings is 1. The molecule has 8 nitrogen and oxygen atoms in total. The van der Waals surface area contributed by atoms with Gasteiger partial charge in [-0.1, -0.05) is 65.7 Å². The van der Waals surface area contributed by atoms with E-state index in [-0.39, 0.29) is 12.0 Å². The Morgan fingerprint density at radius 2 is 1.85 bits per heavy atom. The highest BCUT2D eigenvalue weighted by atomic mass is 35.5. The first-order chi connectivity index (χ1) is 19.7. The number of benzene rings is 3. The third-order valence-corrected chi connectivity index (χ3v) is 7.55. The number of amides is 2. The highest BCUT2D eigenvalue weighted by Crippen LogP contribution is 2.31. The number of anilines is 1. The molecule has 0 saturated carbocycles. The van der Waals surface area contributed by atoms with Crippen LogP contribution in [0.1, 0.15) is 34.1 Å². The molecule has 0 spiro atoms. The van der Waals surface area contributed by atoms with E-state index in [1.54, 1.807) is 42.5 Å². The SMILES string of the molecule is CN(C(=O)O)c1ccc(-c2nc([C@H](Cc3ccc4c(c3)CC(O)C4)NC(=O)/C=C/c3cccc(Cl)c3)[nH]c2Cl)cc1. The number of fused-ring (bicyclic) bond motifs is 1. The van der Waals surface area contributed by atoms with E-state index in [0.29, 0.717) is 52.2 Å². The molecular formula is C31H28Cl2N4O4. The van der Waals surface area contributed by atoms with Crippen LogP contribution < -0.4 is 10.2 Å². The number of nitrogens with zero attached hydrogens (tertiary/aromatic N) is 2. The third-order valence-electron chi connectivity index (χ3n) is 7.04. The van der Waals surface area contributed by atoms with Crippen LogP contribution in [0.2, 0.25) is 10.2 Å². The molecule has 4 aromatic rings. The molecule has 210 valence electrons. The maximum Gasteiger partial charge on any atom is 0.411 e. The van der Waals surface area contributed by atoms with E-state index in [2.05, 4.69) is 16.4 Å². The van der Waals surface area contributed by atoms with Crippen molar-refractivity contribution in [1.29, 1.82) is 0 Å².